The van der Waals surface area contributed by atoms with Crippen molar-refractivity contribution >= 4 is 34.5 Å². The third kappa shape index (κ3) is 4.67. The molecule has 0 aliphatic carbocycles. The molecule has 0 saturated carbocycles. The Labute approximate surface area is 183 Å². The van der Waals surface area contributed by atoms with Crippen LogP contribution in [0.25, 0.3) is 5.76 Å². The van der Waals surface area contributed by atoms with Crippen molar-refractivity contribution in [2.24, 2.45) is 0 Å². The number of rotatable bonds is 8. The zero-order valence-corrected chi connectivity index (χ0v) is 18.3. The predicted molar refractivity (Wildman–Crippen MR) is 117 cm³/mol. The van der Waals surface area contributed by atoms with E-state index < -0.39 is 28.4 Å². The molecule has 1 saturated heterocycles. The molecule has 0 radical (unpaired) electrons. The van der Waals surface area contributed by atoms with E-state index in [1.165, 1.54) is 40.5 Å². The van der Waals surface area contributed by atoms with Crippen LogP contribution < -0.4 is 0 Å². The van der Waals surface area contributed by atoms with E-state index in [4.69, 9.17) is 4.74 Å². The second-order valence-corrected chi connectivity index (χ2v) is 8.49. The first-order valence-corrected chi connectivity index (χ1v) is 10.8. The van der Waals surface area contributed by atoms with Crippen LogP contribution in [0, 0.1) is 17.0 Å². The van der Waals surface area contributed by atoms with Crippen LogP contribution >= 0.6 is 11.3 Å². The molecule has 1 aromatic carbocycles. The maximum Gasteiger partial charge on any atom is 0.295 e. The van der Waals surface area contributed by atoms with Gasteiger partial charge in [0.05, 0.1) is 22.6 Å². The smallest absolute Gasteiger partial charge is 0.295 e. The number of nitro benzene ring substituents is 1. The fourth-order valence-electron chi connectivity index (χ4n) is 3.52. The lowest BCUT2D eigenvalue weighted by atomic mass is 9.98. The summed E-state index contributed by atoms with van der Waals surface area (Å²) >= 11 is 1.39. The number of aliphatic hydroxyl groups excluding tert-OH is 1. The number of hydrogen-bond acceptors (Lipinski definition) is 7. The molecule has 1 amide bonds. The van der Waals surface area contributed by atoms with Crippen LogP contribution in [-0.4, -0.2) is 45.9 Å². The molecule has 3 rings (SSSR count). The summed E-state index contributed by atoms with van der Waals surface area (Å²) in [5, 5.41) is 24.0. The molecule has 164 valence electrons. The number of hydrogen-bond donors (Lipinski definition) is 1. The molecule has 1 unspecified atom stereocenters. The van der Waals surface area contributed by atoms with Gasteiger partial charge in [0, 0.05) is 35.7 Å². The number of amides is 1. The summed E-state index contributed by atoms with van der Waals surface area (Å²) in [4.78, 5) is 38.6. The topological polar surface area (TPSA) is 110 Å². The lowest BCUT2D eigenvalue weighted by Gasteiger charge is -2.25. The van der Waals surface area contributed by atoms with Crippen molar-refractivity contribution in [2.75, 3.05) is 13.2 Å². The minimum atomic E-state index is -0.799. The van der Waals surface area contributed by atoms with Gasteiger partial charge in [-0.05, 0) is 44.2 Å². The van der Waals surface area contributed by atoms with E-state index in [0.29, 0.717) is 13.0 Å². The number of benzene rings is 1. The molecule has 1 N–H and O–H groups in total. The largest absolute Gasteiger partial charge is 0.507 e. The maximum atomic E-state index is 12.9. The summed E-state index contributed by atoms with van der Waals surface area (Å²) < 4.78 is 5.55. The number of non-ortho nitro benzene ring substituents is 1. The summed E-state index contributed by atoms with van der Waals surface area (Å²) in [7, 11) is 0. The lowest BCUT2D eigenvalue weighted by molar-refractivity contribution is -0.384. The van der Waals surface area contributed by atoms with Crippen LogP contribution in [0.5, 0.6) is 0 Å². The van der Waals surface area contributed by atoms with E-state index in [1.54, 1.807) is 0 Å². The van der Waals surface area contributed by atoms with Crippen molar-refractivity contribution in [1.82, 2.24) is 4.90 Å². The minimum Gasteiger partial charge on any atom is -0.507 e. The number of ketones is 1. The van der Waals surface area contributed by atoms with Gasteiger partial charge in [0.2, 0.25) is 0 Å². The van der Waals surface area contributed by atoms with Gasteiger partial charge in [-0.15, -0.1) is 11.3 Å². The Morgan fingerprint density at radius 1 is 1.32 bits per heavy atom. The molecule has 1 aliphatic heterocycles. The van der Waals surface area contributed by atoms with E-state index in [0.717, 1.165) is 10.4 Å². The first kappa shape index (κ1) is 22.6. The number of aliphatic hydroxyl groups is 1. The Hall–Kier alpha value is -3.04. The van der Waals surface area contributed by atoms with Gasteiger partial charge in [-0.3, -0.25) is 19.7 Å². The predicted octanol–water partition coefficient (Wildman–Crippen LogP) is 4.20. The lowest BCUT2D eigenvalue weighted by Crippen LogP contribution is -2.31. The molecule has 31 heavy (non-hydrogen) atoms. The van der Waals surface area contributed by atoms with Gasteiger partial charge < -0.3 is 14.7 Å². The second-order valence-electron chi connectivity index (χ2n) is 7.54. The zero-order chi connectivity index (χ0) is 22.7. The monoisotopic (exact) mass is 444 g/mol. The SMILES string of the molecule is Cc1ccsc1C1/C(=C(/O)c2cccc([N+](=O)[O-])c2)C(=O)C(=O)N1CCCOC(C)C. The average molecular weight is 445 g/mol. The summed E-state index contributed by atoms with van der Waals surface area (Å²) in [6, 6.07) is 6.53. The van der Waals surface area contributed by atoms with Crippen molar-refractivity contribution in [2.45, 2.75) is 39.3 Å². The van der Waals surface area contributed by atoms with Crippen molar-refractivity contribution < 1.29 is 24.4 Å². The number of likely N-dealkylation sites (tertiary alicyclic amines) is 1. The number of Topliss-reactive ketones (excluding diaryl/α,β-unsaturated/α-hetero) is 1. The maximum absolute atomic E-state index is 12.9. The van der Waals surface area contributed by atoms with Crippen molar-refractivity contribution in [3.63, 3.8) is 0 Å². The number of aryl methyl sites for hydroxylation is 1. The van der Waals surface area contributed by atoms with E-state index in [-0.39, 0.29) is 29.5 Å². The number of carbonyl (C=O) groups is 2. The molecule has 1 aromatic heterocycles. The van der Waals surface area contributed by atoms with Crippen LogP contribution in [0.1, 0.15) is 42.3 Å². The molecular formula is C22H24N2O6S. The summed E-state index contributed by atoms with van der Waals surface area (Å²) in [6.45, 7) is 6.43. The van der Waals surface area contributed by atoms with Crippen LogP contribution in [-0.2, 0) is 14.3 Å². The highest BCUT2D eigenvalue weighted by atomic mass is 32.1. The first-order chi connectivity index (χ1) is 14.7. The van der Waals surface area contributed by atoms with Gasteiger partial charge in [-0.1, -0.05) is 12.1 Å². The number of carbonyl (C=O) groups excluding carboxylic acids is 2. The van der Waals surface area contributed by atoms with Gasteiger partial charge in [0.1, 0.15) is 5.76 Å². The third-order valence-electron chi connectivity index (χ3n) is 5.01. The molecule has 8 nitrogen and oxygen atoms in total. The highest BCUT2D eigenvalue weighted by Crippen LogP contribution is 2.42. The standard InChI is InChI=1S/C22H24N2O6S/c1-13(2)30-10-5-9-23-18(21-14(3)8-11-31-21)17(20(26)22(23)27)19(25)15-6-4-7-16(12-15)24(28)29/h4,6-8,11-13,18,25H,5,9-10H2,1-3H3/b19-17-. The third-order valence-corrected chi connectivity index (χ3v) is 6.09. The Kier molecular flexibility index (Phi) is 6.87. The normalized spacial score (nSPS) is 18.2. The van der Waals surface area contributed by atoms with Gasteiger partial charge in [0.15, 0.2) is 0 Å². The Morgan fingerprint density at radius 2 is 2.06 bits per heavy atom. The van der Waals surface area contributed by atoms with Gasteiger partial charge in [0.25, 0.3) is 17.4 Å². The average Bonchev–Trinajstić information content (AvgIpc) is 3.26. The van der Waals surface area contributed by atoms with E-state index in [9.17, 15) is 24.8 Å². The number of thiophene rings is 1. The number of nitrogens with zero attached hydrogens (tertiary/aromatic N) is 2. The van der Waals surface area contributed by atoms with Crippen molar-refractivity contribution in [1.29, 1.82) is 0 Å². The summed E-state index contributed by atoms with van der Waals surface area (Å²) in [6.07, 6.45) is 0.586. The van der Waals surface area contributed by atoms with Gasteiger partial charge in [-0.2, -0.15) is 0 Å². The quantitative estimate of drug-likeness (QED) is 0.163. The molecule has 0 bridgehead atoms. The molecule has 2 aromatic rings. The molecule has 9 heteroatoms. The summed E-state index contributed by atoms with van der Waals surface area (Å²) in [5.41, 5.74) is 0.744. The molecule has 1 aliphatic rings. The number of nitro groups is 1. The zero-order valence-electron chi connectivity index (χ0n) is 17.5. The molecule has 0 spiro atoms. The Bertz CT molecular complexity index is 1040. The van der Waals surface area contributed by atoms with Crippen LogP contribution in [0.3, 0.4) is 0 Å². The van der Waals surface area contributed by atoms with Crippen LogP contribution in [0.4, 0.5) is 5.69 Å². The van der Waals surface area contributed by atoms with Gasteiger partial charge >= 0.3 is 0 Å². The highest BCUT2D eigenvalue weighted by molar-refractivity contribution is 7.10. The van der Waals surface area contributed by atoms with E-state index in [1.807, 2.05) is 32.2 Å². The number of ether oxygens (including phenoxy) is 1. The molecule has 2 heterocycles. The highest BCUT2D eigenvalue weighted by Gasteiger charge is 2.46. The van der Waals surface area contributed by atoms with Crippen molar-refractivity contribution in [3.05, 3.63) is 67.4 Å². The van der Waals surface area contributed by atoms with E-state index in [2.05, 4.69) is 0 Å². The van der Waals surface area contributed by atoms with Crippen LogP contribution in [0.2, 0.25) is 0 Å². The fraction of sp³-hybridized carbons (Fsp3) is 0.364. The minimum absolute atomic E-state index is 0.0548. The Morgan fingerprint density at radius 3 is 2.68 bits per heavy atom. The van der Waals surface area contributed by atoms with E-state index >= 15 is 0 Å². The fourth-order valence-corrected chi connectivity index (χ4v) is 4.57. The van der Waals surface area contributed by atoms with Gasteiger partial charge in [-0.25, -0.2) is 0 Å². The van der Waals surface area contributed by atoms with Crippen LogP contribution in [0.15, 0.2) is 41.3 Å². The molecular weight excluding hydrogens is 420 g/mol. The Balaban J connectivity index is 2.05. The summed E-state index contributed by atoms with van der Waals surface area (Å²) in [5.74, 6) is -1.92. The van der Waals surface area contributed by atoms with Crippen molar-refractivity contribution in [3.8, 4) is 0 Å². The molecule has 1 fully saturated rings. The molecule has 1 atom stereocenters. The first-order valence-electron chi connectivity index (χ1n) is 9.91. The second kappa shape index (κ2) is 9.40.